The van der Waals surface area contributed by atoms with E-state index in [-0.39, 0.29) is 36.2 Å². The van der Waals surface area contributed by atoms with Crippen LogP contribution >= 0.6 is 0 Å². The van der Waals surface area contributed by atoms with Gasteiger partial charge >= 0.3 is 5.97 Å². The minimum atomic E-state index is -0.171. The number of anilines is 1. The quantitative estimate of drug-likeness (QED) is 0.306. The van der Waals surface area contributed by atoms with Crippen molar-refractivity contribution in [2.75, 3.05) is 39.2 Å². The van der Waals surface area contributed by atoms with Crippen LogP contribution in [0.25, 0.3) is 0 Å². The van der Waals surface area contributed by atoms with Gasteiger partial charge in [-0.05, 0) is 49.9 Å². The van der Waals surface area contributed by atoms with Crippen LogP contribution in [-0.4, -0.2) is 62.4 Å². The second-order valence-electron chi connectivity index (χ2n) is 8.85. The molecule has 3 amide bonds. The van der Waals surface area contributed by atoms with E-state index in [1.807, 2.05) is 0 Å². The van der Waals surface area contributed by atoms with Gasteiger partial charge in [-0.15, -0.1) is 0 Å². The lowest BCUT2D eigenvalue weighted by Gasteiger charge is -2.31. The highest BCUT2D eigenvalue weighted by atomic mass is 16.5. The summed E-state index contributed by atoms with van der Waals surface area (Å²) in [5, 5.41) is 5.63. The van der Waals surface area contributed by atoms with Gasteiger partial charge in [0.25, 0.3) is 0 Å². The normalized spacial score (nSPS) is 13.7. The van der Waals surface area contributed by atoms with Gasteiger partial charge in [-0.3, -0.25) is 19.2 Å². The van der Waals surface area contributed by atoms with Gasteiger partial charge in [0.1, 0.15) is 5.75 Å². The van der Waals surface area contributed by atoms with Crippen LogP contribution in [0.2, 0.25) is 0 Å². The summed E-state index contributed by atoms with van der Waals surface area (Å²) >= 11 is 0. The van der Waals surface area contributed by atoms with E-state index in [0.717, 1.165) is 50.0 Å². The number of hydrogen-bond donors (Lipinski definition) is 2. The molecule has 1 heterocycles. The maximum absolute atomic E-state index is 12.5. The molecule has 0 saturated carbocycles. The fourth-order valence-corrected chi connectivity index (χ4v) is 4.05. The summed E-state index contributed by atoms with van der Waals surface area (Å²) in [5.74, 6) is 0.146. The Morgan fingerprint density at radius 2 is 1.49 bits per heavy atom. The van der Waals surface area contributed by atoms with Crippen LogP contribution in [0.1, 0.15) is 64.2 Å². The summed E-state index contributed by atoms with van der Waals surface area (Å²) < 4.78 is 9.73. The number of amides is 3. The van der Waals surface area contributed by atoms with Crippen LogP contribution in [-0.2, 0) is 23.9 Å². The first-order valence-electron chi connectivity index (χ1n) is 12.5. The van der Waals surface area contributed by atoms with E-state index in [1.54, 1.807) is 36.3 Å². The number of ether oxygens (including phenoxy) is 2. The van der Waals surface area contributed by atoms with Crippen molar-refractivity contribution in [2.24, 2.45) is 5.92 Å². The van der Waals surface area contributed by atoms with E-state index in [2.05, 4.69) is 15.4 Å². The van der Waals surface area contributed by atoms with Crippen molar-refractivity contribution < 1.29 is 28.7 Å². The molecule has 0 aromatic heterocycles. The highest BCUT2D eigenvalue weighted by molar-refractivity contribution is 5.93. The second kappa shape index (κ2) is 15.7. The summed E-state index contributed by atoms with van der Waals surface area (Å²) in [4.78, 5) is 49.8. The van der Waals surface area contributed by atoms with Crippen LogP contribution in [0.3, 0.4) is 0 Å². The van der Waals surface area contributed by atoms with Gasteiger partial charge in [0.2, 0.25) is 17.7 Å². The molecule has 35 heavy (non-hydrogen) atoms. The van der Waals surface area contributed by atoms with Gasteiger partial charge in [-0.25, -0.2) is 0 Å². The Balaban J connectivity index is 1.54. The van der Waals surface area contributed by atoms with Crippen molar-refractivity contribution in [3.8, 4) is 5.75 Å². The Labute approximate surface area is 207 Å². The van der Waals surface area contributed by atoms with Crippen molar-refractivity contribution in [1.29, 1.82) is 0 Å². The minimum Gasteiger partial charge on any atom is -0.497 e. The maximum atomic E-state index is 12.5. The number of nitrogens with one attached hydrogen (secondary N) is 2. The fraction of sp³-hybridized carbons (Fsp3) is 0.615. The molecule has 1 saturated heterocycles. The molecule has 1 fully saturated rings. The number of methoxy groups -OCH3 is 2. The zero-order valence-corrected chi connectivity index (χ0v) is 21.0. The van der Waals surface area contributed by atoms with Crippen molar-refractivity contribution in [3.05, 3.63) is 24.3 Å². The summed E-state index contributed by atoms with van der Waals surface area (Å²) in [7, 11) is 2.99. The van der Waals surface area contributed by atoms with E-state index >= 15 is 0 Å². The molecule has 0 unspecified atom stereocenters. The first kappa shape index (κ1) is 28.1. The maximum Gasteiger partial charge on any atom is 0.305 e. The van der Waals surface area contributed by atoms with Gasteiger partial charge in [0.15, 0.2) is 0 Å². The zero-order valence-electron chi connectivity index (χ0n) is 21.0. The molecule has 0 radical (unpaired) electrons. The molecule has 9 nitrogen and oxygen atoms in total. The highest BCUT2D eigenvalue weighted by Gasteiger charge is 2.27. The Kier molecular flexibility index (Phi) is 12.7. The number of carbonyl (C=O) groups excluding carboxylic acids is 4. The molecule has 1 aromatic rings. The molecule has 0 aliphatic carbocycles. The van der Waals surface area contributed by atoms with E-state index in [4.69, 9.17) is 4.74 Å². The standard InChI is InChI=1S/C26H39N3O6/c1-34-22-13-11-21(12-14-22)28-26(33)20-15-17-29(18-16-20)24(31)19-27-23(30)9-7-5-3-4-6-8-10-25(32)35-2/h11-14,20H,3-10,15-19H2,1-2H3,(H,27,30)(H,28,33). The highest BCUT2D eigenvalue weighted by Crippen LogP contribution is 2.21. The average Bonchev–Trinajstić information content (AvgIpc) is 2.89. The topological polar surface area (TPSA) is 114 Å². The van der Waals surface area contributed by atoms with Crippen molar-refractivity contribution in [3.63, 3.8) is 0 Å². The fourth-order valence-electron chi connectivity index (χ4n) is 4.05. The van der Waals surface area contributed by atoms with Crippen LogP contribution < -0.4 is 15.4 Å². The third-order valence-electron chi connectivity index (χ3n) is 6.28. The predicted molar refractivity (Wildman–Crippen MR) is 133 cm³/mol. The lowest BCUT2D eigenvalue weighted by Crippen LogP contribution is -2.45. The number of esters is 1. The molecule has 1 aliphatic rings. The van der Waals surface area contributed by atoms with Gasteiger partial charge < -0.3 is 25.0 Å². The van der Waals surface area contributed by atoms with E-state index in [0.29, 0.717) is 38.8 Å². The number of benzene rings is 1. The molecule has 0 spiro atoms. The number of nitrogens with zero attached hydrogens (tertiary/aromatic N) is 1. The van der Waals surface area contributed by atoms with Crippen molar-refractivity contribution in [1.82, 2.24) is 10.2 Å². The summed E-state index contributed by atoms with van der Waals surface area (Å²) in [6, 6.07) is 7.18. The summed E-state index contributed by atoms with van der Waals surface area (Å²) in [6.45, 7) is 1.01. The lowest BCUT2D eigenvalue weighted by atomic mass is 9.95. The third-order valence-corrected chi connectivity index (χ3v) is 6.28. The van der Waals surface area contributed by atoms with Gasteiger partial charge in [0, 0.05) is 37.5 Å². The van der Waals surface area contributed by atoms with Gasteiger partial charge in [0.05, 0.1) is 20.8 Å². The first-order valence-corrected chi connectivity index (χ1v) is 12.5. The molecular weight excluding hydrogens is 450 g/mol. The van der Waals surface area contributed by atoms with Crippen LogP contribution in [0.15, 0.2) is 24.3 Å². The lowest BCUT2D eigenvalue weighted by molar-refractivity contribution is -0.140. The molecule has 1 aromatic carbocycles. The Morgan fingerprint density at radius 1 is 0.886 bits per heavy atom. The Morgan fingerprint density at radius 3 is 2.09 bits per heavy atom. The van der Waals surface area contributed by atoms with Gasteiger partial charge in [-0.2, -0.15) is 0 Å². The Bertz CT molecular complexity index is 819. The molecule has 9 heteroatoms. The predicted octanol–water partition coefficient (Wildman–Crippen LogP) is 3.28. The Hall–Kier alpha value is -3.10. The summed E-state index contributed by atoms with van der Waals surface area (Å²) in [6.07, 6.45) is 7.67. The molecule has 2 N–H and O–H groups in total. The number of carbonyl (C=O) groups is 4. The van der Waals surface area contributed by atoms with E-state index in [9.17, 15) is 19.2 Å². The minimum absolute atomic E-state index is 0.00489. The van der Waals surface area contributed by atoms with E-state index in [1.165, 1.54) is 7.11 Å². The third kappa shape index (κ3) is 10.8. The van der Waals surface area contributed by atoms with E-state index < -0.39 is 0 Å². The van der Waals surface area contributed by atoms with Crippen LogP contribution in [0.5, 0.6) is 5.75 Å². The SMILES string of the molecule is COC(=O)CCCCCCCCC(=O)NCC(=O)N1CCC(C(=O)Nc2ccc(OC)cc2)CC1. The average molecular weight is 490 g/mol. The van der Waals surface area contributed by atoms with Crippen molar-refractivity contribution >= 4 is 29.4 Å². The number of rotatable bonds is 14. The van der Waals surface area contributed by atoms with Crippen LogP contribution in [0.4, 0.5) is 5.69 Å². The number of likely N-dealkylation sites (tertiary alicyclic amines) is 1. The molecule has 194 valence electrons. The number of unbranched alkanes of at least 4 members (excludes halogenated alkanes) is 5. The molecule has 2 rings (SSSR count). The molecular formula is C26H39N3O6. The molecule has 0 atom stereocenters. The van der Waals surface area contributed by atoms with Crippen molar-refractivity contribution in [2.45, 2.75) is 64.2 Å². The number of piperidine rings is 1. The molecule has 0 bridgehead atoms. The summed E-state index contributed by atoms with van der Waals surface area (Å²) in [5.41, 5.74) is 0.718. The largest absolute Gasteiger partial charge is 0.497 e. The number of hydrogen-bond acceptors (Lipinski definition) is 6. The first-order chi connectivity index (χ1) is 16.9. The second-order valence-corrected chi connectivity index (χ2v) is 8.85. The van der Waals surface area contributed by atoms with Crippen LogP contribution in [0, 0.1) is 5.92 Å². The monoisotopic (exact) mass is 489 g/mol. The smallest absolute Gasteiger partial charge is 0.305 e. The molecule has 1 aliphatic heterocycles. The zero-order chi connectivity index (χ0) is 25.5. The van der Waals surface area contributed by atoms with Gasteiger partial charge in [-0.1, -0.05) is 25.7 Å².